The van der Waals surface area contributed by atoms with Gasteiger partial charge in [0.25, 0.3) is 0 Å². The quantitative estimate of drug-likeness (QED) is 0.657. The van der Waals surface area contributed by atoms with Gasteiger partial charge in [0.2, 0.25) is 5.92 Å². The normalized spacial score (nSPS) is 21.3. The van der Waals surface area contributed by atoms with E-state index < -0.39 is 17.8 Å². The molecule has 0 radical (unpaired) electrons. The summed E-state index contributed by atoms with van der Waals surface area (Å²) in [6, 6.07) is 3.61. The van der Waals surface area contributed by atoms with E-state index in [-0.39, 0.29) is 18.8 Å². The zero-order valence-corrected chi connectivity index (χ0v) is 11.1. The van der Waals surface area contributed by atoms with E-state index in [1.54, 1.807) is 0 Å². The van der Waals surface area contributed by atoms with Gasteiger partial charge in [-0.2, -0.15) is 0 Å². The van der Waals surface area contributed by atoms with Crippen LogP contribution in [0.25, 0.3) is 0 Å². The van der Waals surface area contributed by atoms with Gasteiger partial charge < -0.3 is 0 Å². The minimum atomic E-state index is -2.60. The summed E-state index contributed by atoms with van der Waals surface area (Å²) in [5.74, 6) is 2.43. The first-order valence-corrected chi connectivity index (χ1v) is 6.59. The highest BCUT2D eigenvalue weighted by molar-refractivity contribution is 6.31. The summed E-state index contributed by atoms with van der Waals surface area (Å²) in [5, 5.41) is 0.390. The number of nitrogens with one attached hydrogen (secondary N) is 1. The van der Waals surface area contributed by atoms with Crippen molar-refractivity contribution in [2.75, 3.05) is 0 Å². The number of hydrogen-bond donors (Lipinski definition) is 2. The summed E-state index contributed by atoms with van der Waals surface area (Å²) in [6.07, 6.45) is 0.356. The Balaban J connectivity index is 2.18. The summed E-state index contributed by atoms with van der Waals surface area (Å²) in [5.41, 5.74) is 3.11. The predicted octanol–water partition coefficient (Wildman–Crippen LogP) is 3.81. The zero-order chi connectivity index (χ0) is 14.0. The van der Waals surface area contributed by atoms with Crippen LogP contribution in [0, 0.1) is 11.7 Å². The van der Waals surface area contributed by atoms with Crippen LogP contribution in [0.3, 0.4) is 0 Å². The summed E-state index contributed by atoms with van der Waals surface area (Å²) >= 11 is 6.03. The smallest absolute Gasteiger partial charge is 0.248 e. The summed E-state index contributed by atoms with van der Waals surface area (Å²) in [7, 11) is 0. The van der Waals surface area contributed by atoms with E-state index in [0.717, 1.165) is 0 Å². The predicted molar refractivity (Wildman–Crippen MR) is 68.4 cm³/mol. The number of hydrazine groups is 1. The molecule has 0 amide bonds. The van der Waals surface area contributed by atoms with Crippen molar-refractivity contribution in [2.45, 2.75) is 37.6 Å². The molecule has 19 heavy (non-hydrogen) atoms. The number of benzene rings is 1. The maximum Gasteiger partial charge on any atom is 0.248 e. The lowest BCUT2D eigenvalue weighted by molar-refractivity contribution is -0.0497. The minimum Gasteiger partial charge on any atom is -0.271 e. The highest BCUT2D eigenvalue weighted by atomic mass is 35.5. The molecular formula is C13H16ClF3N2. The lowest BCUT2D eigenvalue weighted by Crippen LogP contribution is -2.37. The molecule has 0 aliphatic heterocycles. The van der Waals surface area contributed by atoms with Gasteiger partial charge in [0.05, 0.1) is 6.04 Å². The molecule has 1 aliphatic rings. The first kappa shape index (κ1) is 14.6. The van der Waals surface area contributed by atoms with E-state index in [2.05, 4.69) is 5.43 Å². The molecule has 2 nitrogen and oxygen atoms in total. The van der Waals surface area contributed by atoms with E-state index in [0.29, 0.717) is 23.4 Å². The number of halogens is 4. The van der Waals surface area contributed by atoms with Gasteiger partial charge in [0.1, 0.15) is 5.82 Å². The van der Waals surface area contributed by atoms with Crippen molar-refractivity contribution in [3.8, 4) is 0 Å². The van der Waals surface area contributed by atoms with Crippen LogP contribution in [0.5, 0.6) is 0 Å². The van der Waals surface area contributed by atoms with Crippen LogP contribution in [0.2, 0.25) is 5.02 Å². The summed E-state index contributed by atoms with van der Waals surface area (Å²) in [6.45, 7) is 0. The highest BCUT2D eigenvalue weighted by Crippen LogP contribution is 2.42. The molecule has 0 spiro atoms. The zero-order valence-electron chi connectivity index (χ0n) is 10.3. The Hall–Kier alpha value is -0.780. The van der Waals surface area contributed by atoms with Crippen molar-refractivity contribution < 1.29 is 13.2 Å². The SMILES string of the molecule is NNC(c1cc(F)ccc1Cl)C1CCC(F)(F)CC1. The third kappa shape index (κ3) is 3.41. The fraction of sp³-hybridized carbons (Fsp3) is 0.538. The molecule has 1 aromatic rings. The van der Waals surface area contributed by atoms with Crippen LogP contribution in [0.15, 0.2) is 18.2 Å². The Labute approximate surface area is 115 Å². The topological polar surface area (TPSA) is 38.0 Å². The monoisotopic (exact) mass is 292 g/mol. The fourth-order valence-electron chi connectivity index (χ4n) is 2.63. The molecule has 0 aromatic heterocycles. The molecule has 1 fully saturated rings. The molecule has 1 aromatic carbocycles. The van der Waals surface area contributed by atoms with Crippen molar-refractivity contribution in [2.24, 2.45) is 11.8 Å². The lowest BCUT2D eigenvalue weighted by Gasteiger charge is -2.34. The van der Waals surface area contributed by atoms with E-state index in [1.807, 2.05) is 0 Å². The molecule has 1 atom stereocenters. The third-order valence-electron chi connectivity index (χ3n) is 3.71. The Morgan fingerprint density at radius 2 is 1.95 bits per heavy atom. The van der Waals surface area contributed by atoms with Crippen LogP contribution >= 0.6 is 11.6 Å². The van der Waals surface area contributed by atoms with Crippen LogP contribution in [0.1, 0.15) is 37.3 Å². The fourth-order valence-corrected chi connectivity index (χ4v) is 2.86. The maximum atomic E-state index is 13.3. The van der Waals surface area contributed by atoms with Crippen molar-refractivity contribution in [3.05, 3.63) is 34.6 Å². The molecule has 1 unspecified atom stereocenters. The van der Waals surface area contributed by atoms with Gasteiger partial charge in [-0.05, 0) is 42.5 Å². The number of alkyl halides is 2. The molecule has 0 saturated heterocycles. The third-order valence-corrected chi connectivity index (χ3v) is 4.05. The highest BCUT2D eigenvalue weighted by Gasteiger charge is 2.38. The Morgan fingerprint density at radius 1 is 1.32 bits per heavy atom. The van der Waals surface area contributed by atoms with E-state index in [1.165, 1.54) is 18.2 Å². The molecule has 3 N–H and O–H groups in total. The average Bonchev–Trinajstić information content (AvgIpc) is 2.36. The Kier molecular flexibility index (Phi) is 4.38. The van der Waals surface area contributed by atoms with Gasteiger partial charge in [-0.25, -0.2) is 13.2 Å². The first-order valence-electron chi connectivity index (χ1n) is 6.22. The second kappa shape index (κ2) is 5.69. The molecule has 2 rings (SSSR count). The summed E-state index contributed by atoms with van der Waals surface area (Å²) < 4.78 is 39.6. The van der Waals surface area contributed by atoms with Gasteiger partial charge in [0.15, 0.2) is 0 Å². The van der Waals surface area contributed by atoms with Gasteiger partial charge in [-0.15, -0.1) is 0 Å². The van der Waals surface area contributed by atoms with Gasteiger partial charge in [-0.1, -0.05) is 11.6 Å². The van der Waals surface area contributed by atoms with E-state index >= 15 is 0 Å². The van der Waals surface area contributed by atoms with Crippen molar-refractivity contribution in [3.63, 3.8) is 0 Å². The molecule has 1 saturated carbocycles. The Morgan fingerprint density at radius 3 is 2.53 bits per heavy atom. The second-order valence-corrected chi connectivity index (χ2v) is 5.41. The molecule has 6 heteroatoms. The van der Waals surface area contributed by atoms with Crippen LogP contribution in [0.4, 0.5) is 13.2 Å². The number of rotatable bonds is 3. The molecule has 0 bridgehead atoms. The van der Waals surface area contributed by atoms with Crippen molar-refractivity contribution in [1.82, 2.24) is 5.43 Å². The molecule has 0 heterocycles. The van der Waals surface area contributed by atoms with Gasteiger partial charge >= 0.3 is 0 Å². The standard InChI is InChI=1S/C13H16ClF3N2/c14-11-2-1-9(15)7-10(11)12(19-18)8-3-5-13(16,17)6-4-8/h1-2,7-8,12,19H,3-6,18H2. The maximum absolute atomic E-state index is 13.3. The number of nitrogens with two attached hydrogens (primary N) is 1. The van der Waals surface area contributed by atoms with Crippen LogP contribution in [-0.4, -0.2) is 5.92 Å². The first-order chi connectivity index (χ1) is 8.93. The molecule has 106 valence electrons. The van der Waals surface area contributed by atoms with Gasteiger partial charge in [0, 0.05) is 17.9 Å². The van der Waals surface area contributed by atoms with Crippen LogP contribution < -0.4 is 11.3 Å². The summed E-state index contributed by atoms with van der Waals surface area (Å²) in [4.78, 5) is 0. The largest absolute Gasteiger partial charge is 0.271 e. The molecular weight excluding hydrogens is 277 g/mol. The van der Waals surface area contributed by atoms with Gasteiger partial charge in [-0.3, -0.25) is 11.3 Å². The second-order valence-electron chi connectivity index (χ2n) is 5.00. The molecule has 1 aliphatic carbocycles. The van der Waals surface area contributed by atoms with E-state index in [9.17, 15) is 13.2 Å². The average molecular weight is 293 g/mol. The lowest BCUT2D eigenvalue weighted by atomic mass is 9.80. The van der Waals surface area contributed by atoms with E-state index in [4.69, 9.17) is 17.4 Å². The van der Waals surface area contributed by atoms with Crippen molar-refractivity contribution in [1.29, 1.82) is 0 Å². The Bertz CT molecular complexity index is 444. The van der Waals surface area contributed by atoms with Crippen molar-refractivity contribution >= 4 is 11.6 Å². The van der Waals surface area contributed by atoms with Crippen LogP contribution in [-0.2, 0) is 0 Å². The minimum absolute atomic E-state index is 0.0658. The number of hydrogen-bond acceptors (Lipinski definition) is 2.